The van der Waals surface area contributed by atoms with Gasteiger partial charge >= 0.3 is 6.09 Å². The fourth-order valence-corrected chi connectivity index (χ4v) is 5.63. The predicted octanol–water partition coefficient (Wildman–Crippen LogP) is 5.39. The second kappa shape index (κ2) is 10.6. The lowest BCUT2D eigenvalue weighted by Crippen LogP contribution is -2.55. The third-order valence-electron chi connectivity index (χ3n) is 7.28. The van der Waals surface area contributed by atoms with Crippen molar-refractivity contribution in [2.45, 2.75) is 51.5 Å². The summed E-state index contributed by atoms with van der Waals surface area (Å²) in [5.74, 6) is -0.309. The number of hydrogen-bond acceptors (Lipinski definition) is 5. The zero-order valence-electron chi connectivity index (χ0n) is 21.0. The van der Waals surface area contributed by atoms with Gasteiger partial charge in [-0.3, -0.25) is 14.8 Å². The van der Waals surface area contributed by atoms with Crippen molar-refractivity contribution in [3.8, 4) is 0 Å². The van der Waals surface area contributed by atoms with Crippen molar-refractivity contribution in [1.82, 2.24) is 19.8 Å². The summed E-state index contributed by atoms with van der Waals surface area (Å²) < 4.78 is 18.6. The van der Waals surface area contributed by atoms with Crippen LogP contribution in [0.25, 0.3) is 10.9 Å². The van der Waals surface area contributed by atoms with E-state index in [0.717, 1.165) is 41.6 Å². The van der Waals surface area contributed by atoms with E-state index in [1.54, 1.807) is 28.0 Å². The minimum atomic E-state index is -0.350. The van der Waals surface area contributed by atoms with Crippen molar-refractivity contribution in [2.24, 2.45) is 0 Å². The lowest BCUT2D eigenvalue weighted by atomic mass is 9.84. The van der Waals surface area contributed by atoms with Crippen LogP contribution in [-0.4, -0.2) is 64.1 Å². The van der Waals surface area contributed by atoms with E-state index in [9.17, 15) is 14.0 Å². The summed E-state index contributed by atoms with van der Waals surface area (Å²) in [7, 11) is 0. The maximum absolute atomic E-state index is 13.4. The fourth-order valence-electron chi connectivity index (χ4n) is 5.27. The summed E-state index contributed by atoms with van der Waals surface area (Å²) in [6.07, 6.45) is 3.99. The molecule has 3 heterocycles. The number of pyridine rings is 2. The molecule has 0 radical (unpaired) electrons. The first kappa shape index (κ1) is 25.4. The largest absolute Gasteiger partial charge is 0.449 e. The first-order chi connectivity index (χ1) is 17.9. The smallest absolute Gasteiger partial charge is 0.410 e. The van der Waals surface area contributed by atoms with Crippen LogP contribution in [0.15, 0.2) is 36.5 Å². The van der Waals surface area contributed by atoms with Gasteiger partial charge in [-0.1, -0.05) is 24.6 Å². The molecule has 3 aromatic rings. The van der Waals surface area contributed by atoms with E-state index >= 15 is 0 Å². The first-order valence-corrected chi connectivity index (χ1v) is 13.2. The normalized spacial score (nSPS) is 19.6. The van der Waals surface area contributed by atoms with Gasteiger partial charge in [0.25, 0.3) is 5.91 Å². The van der Waals surface area contributed by atoms with Crippen LogP contribution in [0.3, 0.4) is 0 Å². The van der Waals surface area contributed by atoms with E-state index in [1.165, 1.54) is 12.3 Å². The van der Waals surface area contributed by atoms with Crippen LogP contribution in [0.1, 0.15) is 59.9 Å². The molecule has 194 valence electrons. The fraction of sp³-hybridized carbons (Fsp3) is 0.429. The first-order valence-electron chi connectivity index (χ1n) is 12.8. The molecular formula is C28H30ClFN4O3. The molecular weight excluding hydrogens is 495 g/mol. The number of carbonyl (C=O) groups is 2. The zero-order valence-corrected chi connectivity index (χ0v) is 21.8. The van der Waals surface area contributed by atoms with Crippen molar-refractivity contribution in [1.29, 1.82) is 0 Å². The van der Waals surface area contributed by atoms with Crippen LogP contribution in [-0.2, 0) is 17.6 Å². The molecule has 1 aliphatic carbocycles. The van der Waals surface area contributed by atoms with E-state index in [0.29, 0.717) is 48.8 Å². The number of carbonyl (C=O) groups excluding carboxylic acids is 2. The molecule has 37 heavy (non-hydrogen) atoms. The summed E-state index contributed by atoms with van der Waals surface area (Å²) >= 11 is 6.81. The maximum atomic E-state index is 13.4. The molecule has 1 saturated heterocycles. The number of hydrogen-bond donors (Lipinski definition) is 0. The molecule has 0 spiro atoms. The second-order valence-corrected chi connectivity index (χ2v) is 10.2. The molecule has 1 fully saturated rings. The van der Waals surface area contributed by atoms with Gasteiger partial charge < -0.3 is 14.5 Å². The van der Waals surface area contributed by atoms with Crippen molar-refractivity contribution in [3.05, 3.63) is 69.9 Å². The van der Waals surface area contributed by atoms with Gasteiger partial charge in [-0.15, -0.1) is 0 Å². The van der Waals surface area contributed by atoms with Gasteiger partial charge in [0, 0.05) is 53.9 Å². The number of piperazine rings is 1. The van der Waals surface area contributed by atoms with E-state index in [-0.39, 0.29) is 29.8 Å². The molecule has 1 unspecified atom stereocenters. The molecule has 5 rings (SSSR count). The summed E-state index contributed by atoms with van der Waals surface area (Å²) in [5.41, 5.74) is 4.00. The van der Waals surface area contributed by atoms with E-state index in [2.05, 4.69) is 4.98 Å². The third kappa shape index (κ3) is 5.12. The van der Waals surface area contributed by atoms with Crippen LogP contribution in [0, 0.1) is 5.82 Å². The standard InChI is InChI=1S/C28H30ClFN4O3/c1-3-12-37-28(36)34-11-10-33(16-17(34)2)27(35)19-5-8-22-25(14-19)32-24-13-18(4-7-21(24)26(22)29)23-9-6-20(30)15-31-23/h5-6,8-9,14-15,17-18H,3-4,7,10-13,16H2,1-2H3/t17-,18?/m0/s1. The Hall–Kier alpha value is -3.26. The molecule has 2 amide bonds. The van der Waals surface area contributed by atoms with E-state index < -0.39 is 0 Å². The van der Waals surface area contributed by atoms with Gasteiger partial charge in [0.15, 0.2) is 0 Å². The molecule has 2 aliphatic rings. The monoisotopic (exact) mass is 524 g/mol. The number of nitrogens with zero attached hydrogens (tertiary/aromatic N) is 4. The van der Waals surface area contributed by atoms with Gasteiger partial charge in [-0.25, -0.2) is 9.18 Å². The average molecular weight is 525 g/mol. The summed E-state index contributed by atoms with van der Waals surface area (Å²) in [4.78, 5) is 38.3. The molecule has 1 aliphatic heterocycles. The Labute approximate surface area is 220 Å². The van der Waals surface area contributed by atoms with E-state index in [1.807, 2.05) is 19.9 Å². The average Bonchev–Trinajstić information content (AvgIpc) is 2.91. The molecule has 0 saturated carbocycles. The Morgan fingerprint density at radius 1 is 1.22 bits per heavy atom. The van der Waals surface area contributed by atoms with E-state index in [4.69, 9.17) is 21.3 Å². The Bertz CT molecular complexity index is 1330. The second-order valence-electron chi connectivity index (χ2n) is 9.83. The number of benzene rings is 1. The Morgan fingerprint density at radius 3 is 2.78 bits per heavy atom. The number of halogens is 2. The highest BCUT2D eigenvalue weighted by molar-refractivity contribution is 6.36. The molecule has 0 N–H and O–H groups in total. The SMILES string of the molecule is CCCOC(=O)N1CCN(C(=O)c2ccc3c(Cl)c4c(nc3c2)CC(c2ccc(F)cn2)CC4)C[C@@H]1C. The molecule has 9 heteroatoms. The predicted molar refractivity (Wildman–Crippen MR) is 139 cm³/mol. The number of fused-ring (bicyclic) bond motifs is 2. The molecule has 2 aromatic heterocycles. The zero-order chi connectivity index (χ0) is 26.1. The number of ether oxygens (including phenoxy) is 1. The number of amides is 2. The van der Waals surface area contributed by atoms with Crippen molar-refractivity contribution < 1.29 is 18.7 Å². The van der Waals surface area contributed by atoms with Crippen LogP contribution in [0.4, 0.5) is 9.18 Å². The summed E-state index contributed by atoms with van der Waals surface area (Å²) in [6.45, 7) is 5.57. The van der Waals surface area contributed by atoms with Gasteiger partial charge in [0.1, 0.15) is 5.82 Å². The molecule has 7 nitrogen and oxygen atoms in total. The molecule has 1 aromatic carbocycles. The molecule has 0 bridgehead atoms. The van der Waals surface area contributed by atoms with Crippen LogP contribution >= 0.6 is 11.6 Å². The highest BCUT2D eigenvalue weighted by atomic mass is 35.5. The lowest BCUT2D eigenvalue weighted by Gasteiger charge is -2.39. The third-order valence-corrected chi connectivity index (χ3v) is 7.71. The Morgan fingerprint density at radius 2 is 2.05 bits per heavy atom. The molecule has 2 atom stereocenters. The van der Waals surface area contributed by atoms with Crippen molar-refractivity contribution >= 4 is 34.5 Å². The topological polar surface area (TPSA) is 75.6 Å². The minimum Gasteiger partial charge on any atom is -0.449 e. The quantitative estimate of drug-likeness (QED) is 0.457. The highest BCUT2D eigenvalue weighted by Crippen LogP contribution is 2.38. The minimum absolute atomic E-state index is 0.0978. The maximum Gasteiger partial charge on any atom is 0.410 e. The van der Waals surface area contributed by atoms with Gasteiger partial charge in [-0.05, 0) is 62.4 Å². The van der Waals surface area contributed by atoms with Crippen LogP contribution in [0.5, 0.6) is 0 Å². The highest BCUT2D eigenvalue weighted by Gasteiger charge is 2.31. The van der Waals surface area contributed by atoms with Crippen molar-refractivity contribution in [2.75, 3.05) is 26.2 Å². The summed E-state index contributed by atoms with van der Waals surface area (Å²) in [5, 5.41) is 1.50. The van der Waals surface area contributed by atoms with Crippen LogP contribution in [0.2, 0.25) is 5.02 Å². The number of aromatic nitrogens is 2. The Kier molecular flexibility index (Phi) is 7.29. The Balaban J connectivity index is 1.35. The van der Waals surface area contributed by atoms with Gasteiger partial charge in [0.05, 0.1) is 23.3 Å². The summed E-state index contributed by atoms with van der Waals surface area (Å²) in [6, 6.07) is 8.49. The number of rotatable bonds is 4. The van der Waals surface area contributed by atoms with Gasteiger partial charge in [0.2, 0.25) is 0 Å². The van der Waals surface area contributed by atoms with Crippen LogP contribution < -0.4 is 0 Å². The lowest BCUT2D eigenvalue weighted by molar-refractivity contribution is 0.0412. The van der Waals surface area contributed by atoms with Gasteiger partial charge in [-0.2, -0.15) is 0 Å². The van der Waals surface area contributed by atoms with Crippen molar-refractivity contribution in [3.63, 3.8) is 0 Å².